The van der Waals surface area contributed by atoms with Gasteiger partial charge in [-0.2, -0.15) is 0 Å². The van der Waals surface area contributed by atoms with Crippen LogP contribution in [0.25, 0.3) is 0 Å². The van der Waals surface area contributed by atoms with Crippen LogP contribution in [0.15, 0.2) is 24.3 Å². The Morgan fingerprint density at radius 2 is 1.45 bits per heavy atom. The van der Waals surface area contributed by atoms with Crippen molar-refractivity contribution in [2.24, 2.45) is 5.92 Å². The molecule has 0 spiro atoms. The highest BCUT2D eigenvalue weighted by Crippen LogP contribution is 2.50. The van der Waals surface area contributed by atoms with Crippen molar-refractivity contribution in [3.05, 3.63) is 46.5 Å². The molecule has 0 bridgehead atoms. The zero-order valence-corrected chi connectivity index (χ0v) is 26.2. The third-order valence-corrected chi connectivity index (χ3v) is 9.03. The zero-order chi connectivity index (χ0) is 30.4. The second-order valence-electron chi connectivity index (χ2n) is 12.8. The van der Waals surface area contributed by atoms with Crippen molar-refractivity contribution < 1.29 is 33.3 Å². The van der Waals surface area contributed by atoms with Gasteiger partial charge in [-0.3, -0.25) is 4.79 Å². The minimum Gasteiger partial charge on any atom is -0.493 e. The maximum atomic E-state index is 13.7. The van der Waals surface area contributed by atoms with E-state index in [0.29, 0.717) is 55.4 Å². The van der Waals surface area contributed by atoms with Crippen molar-refractivity contribution in [2.75, 3.05) is 41.5 Å². The molecule has 1 saturated heterocycles. The molecule has 3 aliphatic heterocycles. The first kappa shape index (κ1) is 29.9. The number of piperidine rings is 1. The molecule has 2 aromatic carbocycles. The van der Waals surface area contributed by atoms with Crippen molar-refractivity contribution >= 4 is 12.0 Å². The molecular formula is C33H44N2O7. The average Bonchev–Trinajstić information content (AvgIpc) is 2.94. The molecule has 5 rings (SSSR count). The molecule has 9 nitrogen and oxygen atoms in total. The quantitative estimate of drug-likeness (QED) is 0.436. The predicted octanol–water partition coefficient (Wildman–Crippen LogP) is 5.66. The number of nitrogens with zero attached hydrogens (tertiary/aromatic N) is 2. The van der Waals surface area contributed by atoms with Gasteiger partial charge in [0, 0.05) is 19.5 Å². The van der Waals surface area contributed by atoms with Crippen LogP contribution in [0, 0.1) is 5.92 Å². The fourth-order valence-corrected chi connectivity index (χ4v) is 7.17. The van der Waals surface area contributed by atoms with Crippen LogP contribution in [-0.2, 0) is 27.9 Å². The Labute approximate surface area is 249 Å². The van der Waals surface area contributed by atoms with Gasteiger partial charge in [-0.1, -0.05) is 0 Å². The smallest absolute Gasteiger partial charge is 0.410 e. The molecule has 3 heterocycles. The van der Waals surface area contributed by atoms with Gasteiger partial charge in [0.15, 0.2) is 23.0 Å². The molecule has 0 aromatic heterocycles. The van der Waals surface area contributed by atoms with Gasteiger partial charge in [0.2, 0.25) is 5.91 Å². The lowest BCUT2D eigenvalue weighted by molar-refractivity contribution is -0.146. The highest BCUT2D eigenvalue weighted by Gasteiger charge is 2.48. The lowest BCUT2D eigenvalue weighted by Crippen LogP contribution is -2.56. The summed E-state index contributed by atoms with van der Waals surface area (Å²) in [5.74, 6) is 2.82. The summed E-state index contributed by atoms with van der Waals surface area (Å²) in [6.45, 7) is 8.99. The van der Waals surface area contributed by atoms with E-state index >= 15 is 0 Å². The summed E-state index contributed by atoms with van der Waals surface area (Å²) in [5.41, 5.74) is 3.28. The number of hydrogen-bond donors (Lipinski definition) is 0. The lowest BCUT2D eigenvalue weighted by atomic mass is 9.70. The van der Waals surface area contributed by atoms with Gasteiger partial charge in [0.25, 0.3) is 0 Å². The number of methoxy groups -OCH3 is 4. The number of ether oxygens (including phenoxy) is 5. The summed E-state index contributed by atoms with van der Waals surface area (Å²) >= 11 is 0. The Hall–Kier alpha value is -3.62. The molecule has 2 aromatic rings. The number of carbonyl (C=O) groups is 2. The number of amides is 2. The van der Waals surface area contributed by atoms with Crippen LogP contribution in [0.3, 0.4) is 0 Å². The van der Waals surface area contributed by atoms with Gasteiger partial charge in [-0.15, -0.1) is 0 Å². The molecule has 1 fully saturated rings. The van der Waals surface area contributed by atoms with Crippen LogP contribution in [-0.4, -0.2) is 68.9 Å². The van der Waals surface area contributed by atoms with Gasteiger partial charge in [0.1, 0.15) is 5.60 Å². The molecule has 0 N–H and O–H groups in total. The summed E-state index contributed by atoms with van der Waals surface area (Å²) in [6, 6.07) is 7.81. The Morgan fingerprint density at radius 1 is 0.881 bits per heavy atom. The number of hydrogen-bond acceptors (Lipinski definition) is 7. The maximum Gasteiger partial charge on any atom is 0.410 e. The van der Waals surface area contributed by atoms with E-state index in [0.717, 1.165) is 29.5 Å². The van der Waals surface area contributed by atoms with Crippen molar-refractivity contribution in [3.8, 4) is 23.0 Å². The third kappa shape index (κ3) is 5.34. The predicted molar refractivity (Wildman–Crippen MR) is 159 cm³/mol. The molecule has 2 amide bonds. The molecule has 228 valence electrons. The van der Waals surface area contributed by atoms with Crippen LogP contribution in [0.1, 0.15) is 75.3 Å². The van der Waals surface area contributed by atoms with E-state index in [-0.39, 0.29) is 24.0 Å². The summed E-state index contributed by atoms with van der Waals surface area (Å²) < 4.78 is 28.3. The monoisotopic (exact) mass is 580 g/mol. The van der Waals surface area contributed by atoms with E-state index in [4.69, 9.17) is 23.7 Å². The van der Waals surface area contributed by atoms with Crippen molar-refractivity contribution in [1.29, 1.82) is 0 Å². The summed E-state index contributed by atoms with van der Waals surface area (Å²) in [5, 5.41) is 0. The Morgan fingerprint density at radius 3 is 2.07 bits per heavy atom. The van der Waals surface area contributed by atoms with E-state index in [1.165, 1.54) is 5.56 Å². The van der Waals surface area contributed by atoms with Gasteiger partial charge >= 0.3 is 6.09 Å². The third-order valence-electron chi connectivity index (χ3n) is 9.03. The molecule has 3 aliphatic rings. The zero-order valence-electron chi connectivity index (χ0n) is 26.2. The first-order valence-electron chi connectivity index (χ1n) is 14.7. The van der Waals surface area contributed by atoms with E-state index in [9.17, 15) is 9.59 Å². The summed E-state index contributed by atoms with van der Waals surface area (Å²) in [6.07, 6.45) is 2.92. The highest BCUT2D eigenvalue weighted by molar-refractivity contribution is 5.79. The number of fused-ring (bicyclic) bond motifs is 4. The molecule has 0 aliphatic carbocycles. The number of rotatable bonds is 6. The first-order valence-corrected chi connectivity index (χ1v) is 14.7. The van der Waals surface area contributed by atoms with Crippen LogP contribution >= 0.6 is 0 Å². The number of carbonyl (C=O) groups excluding carboxylic acids is 2. The van der Waals surface area contributed by atoms with Crippen LogP contribution in [0.4, 0.5) is 4.79 Å². The molecular weight excluding hydrogens is 536 g/mol. The average molecular weight is 581 g/mol. The largest absolute Gasteiger partial charge is 0.493 e. The number of benzene rings is 2. The molecule has 42 heavy (non-hydrogen) atoms. The minimum absolute atomic E-state index is 0.0341. The van der Waals surface area contributed by atoms with Crippen molar-refractivity contribution in [2.45, 2.75) is 77.0 Å². The highest BCUT2D eigenvalue weighted by atomic mass is 16.6. The Bertz CT molecular complexity index is 1370. The second-order valence-corrected chi connectivity index (χ2v) is 12.8. The summed E-state index contributed by atoms with van der Waals surface area (Å²) in [7, 11) is 6.53. The van der Waals surface area contributed by atoms with E-state index in [2.05, 4.69) is 6.92 Å². The fourth-order valence-electron chi connectivity index (χ4n) is 7.17. The van der Waals surface area contributed by atoms with Crippen molar-refractivity contribution in [1.82, 2.24) is 9.80 Å². The van der Waals surface area contributed by atoms with Gasteiger partial charge < -0.3 is 33.5 Å². The second kappa shape index (κ2) is 11.2. The van der Waals surface area contributed by atoms with Crippen molar-refractivity contribution in [3.63, 3.8) is 0 Å². The maximum absolute atomic E-state index is 13.7. The molecule has 0 saturated carbocycles. The molecule has 3 atom stereocenters. The summed E-state index contributed by atoms with van der Waals surface area (Å²) in [4.78, 5) is 31.2. The molecule has 0 radical (unpaired) electrons. The van der Waals surface area contributed by atoms with Crippen LogP contribution in [0.2, 0.25) is 0 Å². The SMILES string of the molecule is COc1cc2c(cc1OC)C(C[C@H]1CC(=O)N3CCc4cc(OC)c(OC)cc4[C@@]3(C)C1)N(C(=O)OC(C)(C)C)CC2. The normalized spacial score (nSPS) is 23.4. The van der Waals surface area contributed by atoms with Gasteiger partial charge in [-0.05, 0) is 106 Å². The van der Waals surface area contributed by atoms with Gasteiger partial charge in [0.05, 0.1) is 40.0 Å². The Kier molecular flexibility index (Phi) is 7.98. The van der Waals surface area contributed by atoms with E-state index < -0.39 is 11.1 Å². The minimum atomic E-state index is -0.625. The van der Waals surface area contributed by atoms with E-state index in [1.807, 2.05) is 54.8 Å². The van der Waals surface area contributed by atoms with Crippen LogP contribution < -0.4 is 18.9 Å². The molecule has 1 unspecified atom stereocenters. The molecule has 9 heteroatoms. The lowest BCUT2D eigenvalue weighted by Gasteiger charge is -2.52. The van der Waals surface area contributed by atoms with Gasteiger partial charge in [-0.25, -0.2) is 4.79 Å². The van der Waals surface area contributed by atoms with E-state index in [1.54, 1.807) is 28.4 Å². The topological polar surface area (TPSA) is 86.8 Å². The fraction of sp³-hybridized carbons (Fsp3) is 0.576. The first-order chi connectivity index (χ1) is 19.9. The van der Waals surface area contributed by atoms with Crippen LogP contribution in [0.5, 0.6) is 23.0 Å². The Balaban J connectivity index is 1.53. The standard InChI is InChI=1S/C33H44N2O7/c1-32(2,3)42-31(37)34-11-9-21-15-26(38-5)28(40-7)17-23(21)25(34)13-20-14-30(36)35-12-10-22-16-27(39-6)29(41-8)18-24(22)33(35,4)19-20/h15-18,20,25H,9-14,19H2,1-8H3/t20-,25?,33+/m0/s1.